The zero-order valence-corrected chi connectivity index (χ0v) is 15.4. The van der Waals surface area contributed by atoms with E-state index in [-0.39, 0.29) is 17.1 Å². The van der Waals surface area contributed by atoms with E-state index >= 15 is 0 Å². The maximum absolute atomic E-state index is 12.6. The molecule has 2 fully saturated rings. The highest BCUT2D eigenvalue weighted by Crippen LogP contribution is 2.36. The zero-order valence-electron chi connectivity index (χ0n) is 15.4. The number of ketones is 1. The van der Waals surface area contributed by atoms with Crippen LogP contribution in [0.4, 0.5) is 0 Å². The van der Waals surface area contributed by atoms with Crippen LogP contribution in [0, 0.1) is 0 Å². The number of likely N-dealkylation sites (tertiary alicyclic amines) is 2. The van der Waals surface area contributed by atoms with Gasteiger partial charge in [0.05, 0.1) is 12.0 Å². The number of benzene rings is 1. The summed E-state index contributed by atoms with van der Waals surface area (Å²) in [5.41, 5.74) is 0.754. The molecule has 1 aromatic rings. The molecule has 4 nitrogen and oxygen atoms in total. The Kier molecular flexibility index (Phi) is 5.89. The highest BCUT2D eigenvalue weighted by atomic mass is 16.2. The number of Topliss-reactive ketones (excluding diaryl/α,β-unsaturated/α-hetero) is 1. The summed E-state index contributed by atoms with van der Waals surface area (Å²) in [5, 5.41) is 0. The van der Waals surface area contributed by atoms with Gasteiger partial charge in [-0.3, -0.25) is 14.5 Å². The van der Waals surface area contributed by atoms with Crippen LogP contribution in [0.5, 0.6) is 0 Å². The van der Waals surface area contributed by atoms with Crippen LogP contribution in [0.2, 0.25) is 0 Å². The Balaban J connectivity index is 1.60. The largest absolute Gasteiger partial charge is 0.342 e. The van der Waals surface area contributed by atoms with E-state index < -0.39 is 0 Å². The van der Waals surface area contributed by atoms with E-state index in [0.717, 1.165) is 57.4 Å². The Bertz CT molecular complexity index is 583. The first-order valence-electron chi connectivity index (χ1n) is 9.68. The molecule has 0 saturated carbocycles. The molecule has 0 unspecified atom stereocenters. The molecule has 0 bridgehead atoms. The van der Waals surface area contributed by atoms with Crippen molar-refractivity contribution in [2.45, 2.75) is 50.9 Å². The van der Waals surface area contributed by atoms with Gasteiger partial charge in [0.2, 0.25) is 5.91 Å². The van der Waals surface area contributed by atoms with Gasteiger partial charge < -0.3 is 4.90 Å². The minimum absolute atomic E-state index is 0.247. The summed E-state index contributed by atoms with van der Waals surface area (Å²) in [7, 11) is 0. The molecule has 0 aromatic heterocycles. The summed E-state index contributed by atoms with van der Waals surface area (Å²) in [6, 6.07) is 10.1. The van der Waals surface area contributed by atoms with Gasteiger partial charge in [0.25, 0.3) is 0 Å². The molecule has 1 aromatic carbocycles. The highest BCUT2D eigenvalue weighted by molar-refractivity contribution is 5.88. The van der Waals surface area contributed by atoms with Crippen molar-refractivity contribution in [1.29, 1.82) is 0 Å². The molecule has 25 heavy (non-hydrogen) atoms. The Morgan fingerprint density at radius 1 is 0.920 bits per heavy atom. The summed E-state index contributed by atoms with van der Waals surface area (Å²) in [4.78, 5) is 29.3. The number of rotatable bonds is 4. The van der Waals surface area contributed by atoms with Crippen molar-refractivity contribution in [2.75, 3.05) is 32.7 Å². The third-order valence-electron chi connectivity index (χ3n) is 6.03. The number of piperidine rings is 1. The molecule has 0 N–H and O–H groups in total. The molecular weight excluding hydrogens is 312 g/mol. The van der Waals surface area contributed by atoms with Crippen molar-refractivity contribution in [3.05, 3.63) is 35.9 Å². The minimum Gasteiger partial charge on any atom is -0.342 e. The molecule has 0 spiro atoms. The average molecular weight is 342 g/mol. The topological polar surface area (TPSA) is 40.6 Å². The third kappa shape index (κ3) is 4.12. The van der Waals surface area contributed by atoms with E-state index in [0.29, 0.717) is 6.54 Å². The van der Waals surface area contributed by atoms with Crippen molar-refractivity contribution in [1.82, 2.24) is 9.80 Å². The lowest BCUT2D eigenvalue weighted by molar-refractivity contribution is -0.133. The maximum Gasteiger partial charge on any atom is 0.236 e. The second kappa shape index (κ2) is 8.13. The van der Waals surface area contributed by atoms with Gasteiger partial charge in [-0.05, 0) is 51.3 Å². The van der Waals surface area contributed by atoms with Gasteiger partial charge in [0, 0.05) is 13.1 Å². The van der Waals surface area contributed by atoms with Crippen molar-refractivity contribution in [3.63, 3.8) is 0 Å². The van der Waals surface area contributed by atoms with Crippen molar-refractivity contribution in [3.8, 4) is 0 Å². The molecule has 136 valence electrons. The first-order valence-corrected chi connectivity index (χ1v) is 9.68. The van der Waals surface area contributed by atoms with Gasteiger partial charge >= 0.3 is 0 Å². The van der Waals surface area contributed by atoms with E-state index in [1.807, 2.05) is 23.1 Å². The Hall–Kier alpha value is -1.68. The van der Waals surface area contributed by atoms with E-state index in [2.05, 4.69) is 17.0 Å². The number of hydrogen-bond donors (Lipinski definition) is 0. The smallest absolute Gasteiger partial charge is 0.236 e. The second-order valence-electron chi connectivity index (χ2n) is 7.58. The molecule has 4 heteroatoms. The molecule has 2 aliphatic rings. The summed E-state index contributed by atoms with van der Waals surface area (Å²) in [6.07, 6.45) is 6.36. The number of nitrogens with zero attached hydrogens (tertiary/aromatic N) is 2. The van der Waals surface area contributed by atoms with Crippen LogP contribution in [0.3, 0.4) is 0 Å². The fourth-order valence-corrected chi connectivity index (χ4v) is 4.31. The predicted molar refractivity (Wildman–Crippen MR) is 99.5 cm³/mol. The summed E-state index contributed by atoms with van der Waals surface area (Å²) >= 11 is 0. The standard InChI is InChI=1S/C21H30N2O2/c1-18(24)21(19-9-5-4-6-10-19)11-15-22(16-12-21)17-20(25)23-13-7-2-3-8-14-23/h4-6,9-10H,2-3,7-8,11-17H2,1H3. The Labute approximate surface area is 151 Å². The monoisotopic (exact) mass is 342 g/mol. The van der Waals surface area contributed by atoms with Crippen molar-refractivity contribution >= 4 is 11.7 Å². The molecule has 3 rings (SSSR count). The second-order valence-corrected chi connectivity index (χ2v) is 7.58. The number of amides is 1. The van der Waals surface area contributed by atoms with Crippen molar-refractivity contribution < 1.29 is 9.59 Å². The van der Waals surface area contributed by atoms with Crippen LogP contribution < -0.4 is 0 Å². The lowest BCUT2D eigenvalue weighted by Gasteiger charge is -2.40. The van der Waals surface area contributed by atoms with Crippen LogP contribution in [0.15, 0.2) is 30.3 Å². The fourth-order valence-electron chi connectivity index (χ4n) is 4.31. The molecule has 0 aliphatic carbocycles. The minimum atomic E-state index is -0.372. The molecule has 1 amide bonds. The van der Waals surface area contributed by atoms with Crippen molar-refractivity contribution in [2.24, 2.45) is 0 Å². The molecule has 2 aliphatic heterocycles. The Morgan fingerprint density at radius 3 is 2.08 bits per heavy atom. The van der Waals surface area contributed by atoms with Crippen LogP contribution in [-0.4, -0.2) is 54.2 Å². The van der Waals surface area contributed by atoms with E-state index in [9.17, 15) is 9.59 Å². The van der Waals surface area contributed by atoms with E-state index in [4.69, 9.17) is 0 Å². The average Bonchev–Trinajstić information content (AvgIpc) is 2.92. The maximum atomic E-state index is 12.6. The third-order valence-corrected chi connectivity index (χ3v) is 6.03. The van der Waals surface area contributed by atoms with Gasteiger partial charge in [-0.25, -0.2) is 0 Å². The lowest BCUT2D eigenvalue weighted by Crippen LogP contribution is -2.49. The van der Waals surface area contributed by atoms with Gasteiger partial charge in [0.1, 0.15) is 5.78 Å². The van der Waals surface area contributed by atoms with Gasteiger partial charge in [-0.15, -0.1) is 0 Å². The first kappa shape index (κ1) is 18.1. The quantitative estimate of drug-likeness (QED) is 0.844. The summed E-state index contributed by atoms with van der Waals surface area (Å²) in [6.45, 7) is 5.66. The SMILES string of the molecule is CC(=O)C1(c2ccccc2)CCN(CC(=O)N2CCCCCC2)CC1. The first-order chi connectivity index (χ1) is 12.1. The van der Waals surface area contributed by atoms with E-state index in [1.165, 1.54) is 12.8 Å². The summed E-state index contributed by atoms with van der Waals surface area (Å²) < 4.78 is 0. The molecule has 2 saturated heterocycles. The molecular formula is C21H30N2O2. The molecule has 2 heterocycles. The van der Waals surface area contributed by atoms with Crippen LogP contribution >= 0.6 is 0 Å². The normalized spacial score (nSPS) is 21.6. The van der Waals surface area contributed by atoms with Gasteiger partial charge in [-0.2, -0.15) is 0 Å². The molecule has 0 radical (unpaired) electrons. The van der Waals surface area contributed by atoms with Crippen LogP contribution in [0.1, 0.15) is 51.0 Å². The van der Waals surface area contributed by atoms with Gasteiger partial charge in [0.15, 0.2) is 0 Å². The van der Waals surface area contributed by atoms with Crippen LogP contribution in [-0.2, 0) is 15.0 Å². The lowest BCUT2D eigenvalue weighted by atomic mass is 9.70. The predicted octanol–water partition coefficient (Wildman–Crippen LogP) is 3.01. The summed E-state index contributed by atoms with van der Waals surface area (Å²) in [5.74, 6) is 0.508. The highest BCUT2D eigenvalue weighted by Gasteiger charge is 2.40. The van der Waals surface area contributed by atoms with Crippen LogP contribution in [0.25, 0.3) is 0 Å². The zero-order chi connectivity index (χ0) is 17.7. The fraction of sp³-hybridized carbons (Fsp3) is 0.619. The van der Waals surface area contributed by atoms with E-state index in [1.54, 1.807) is 6.92 Å². The van der Waals surface area contributed by atoms with Gasteiger partial charge in [-0.1, -0.05) is 43.2 Å². The molecule has 0 atom stereocenters. The number of carbonyl (C=O) groups excluding carboxylic acids is 2. The Morgan fingerprint density at radius 2 is 1.52 bits per heavy atom. The number of carbonyl (C=O) groups is 2. The number of hydrogen-bond acceptors (Lipinski definition) is 3.